The molecule has 0 radical (unpaired) electrons. The van der Waals surface area contributed by atoms with Crippen molar-refractivity contribution in [2.24, 2.45) is 5.41 Å². The summed E-state index contributed by atoms with van der Waals surface area (Å²) in [5.74, 6) is -0.371. The molecule has 0 fully saturated rings. The first kappa shape index (κ1) is 21.7. The summed E-state index contributed by atoms with van der Waals surface area (Å²) in [7, 11) is 0. The fraction of sp³-hybridized carbons (Fsp3) is 0.500. The molecular formula is C20H28O6. The lowest BCUT2D eigenvalue weighted by Crippen LogP contribution is -2.33. The molecule has 0 aliphatic rings. The molecule has 2 atom stereocenters. The van der Waals surface area contributed by atoms with Gasteiger partial charge >= 0.3 is 11.9 Å². The van der Waals surface area contributed by atoms with E-state index in [1.165, 1.54) is 6.26 Å². The molecule has 0 amide bonds. The summed E-state index contributed by atoms with van der Waals surface area (Å²) in [4.78, 5) is 24.1. The van der Waals surface area contributed by atoms with Crippen LogP contribution in [0.15, 0.2) is 37.1 Å². The molecule has 1 aromatic rings. The van der Waals surface area contributed by atoms with Crippen molar-refractivity contribution >= 4 is 11.9 Å². The Morgan fingerprint density at radius 3 is 2.35 bits per heavy atom. The molecule has 0 aliphatic carbocycles. The van der Waals surface area contributed by atoms with Crippen LogP contribution in [0, 0.1) is 5.41 Å². The standard InChI is InChI=1S/C20H28O6/c1-5-12-20(4,6-2)19(23)26-14-16(21)13-25-18(22)15-8-10-17(11-9-15)24-7-3/h7-11,16,21H,3,5-6,12-14H2,1-2,4H3. The average molecular weight is 364 g/mol. The van der Waals surface area contributed by atoms with Gasteiger partial charge in [0.2, 0.25) is 0 Å². The summed E-state index contributed by atoms with van der Waals surface area (Å²) in [6.45, 7) is 8.77. The van der Waals surface area contributed by atoms with Crippen LogP contribution in [0.3, 0.4) is 0 Å². The summed E-state index contributed by atoms with van der Waals surface area (Å²) in [6.07, 6.45) is 2.47. The smallest absolute Gasteiger partial charge is 0.338 e. The van der Waals surface area contributed by atoms with E-state index < -0.39 is 17.5 Å². The SMILES string of the molecule is C=COc1ccc(C(=O)OCC(O)COC(=O)C(C)(CC)CCC)cc1. The fourth-order valence-electron chi connectivity index (χ4n) is 2.39. The first-order valence-electron chi connectivity index (χ1n) is 8.76. The maximum absolute atomic E-state index is 12.2. The molecular weight excluding hydrogens is 336 g/mol. The minimum atomic E-state index is -1.07. The van der Waals surface area contributed by atoms with E-state index >= 15 is 0 Å². The van der Waals surface area contributed by atoms with Crippen LogP contribution >= 0.6 is 0 Å². The minimum Gasteiger partial charge on any atom is -0.466 e. The van der Waals surface area contributed by atoms with Crippen LogP contribution in [-0.4, -0.2) is 36.4 Å². The van der Waals surface area contributed by atoms with Gasteiger partial charge in [-0.1, -0.05) is 26.8 Å². The van der Waals surface area contributed by atoms with Crippen molar-refractivity contribution < 1.29 is 28.9 Å². The van der Waals surface area contributed by atoms with Crippen molar-refractivity contribution in [1.82, 2.24) is 0 Å². The highest BCUT2D eigenvalue weighted by Gasteiger charge is 2.32. The average Bonchev–Trinajstić information content (AvgIpc) is 2.65. The number of aliphatic hydroxyl groups excluding tert-OH is 1. The number of esters is 2. The maximum Gasteiger partial charge on any atom is 0.338 e. The number of carbonyl (C=O) groups excluding carboxylic acids is 2. The molecule has 0 heterocycles. The highest BCUT2D eigenvalue weighted by atomic mass is 16.6. The van der Waals surface area contributed by atoms with Crippen LogP contribution in [0.1, 0.15) is 50.4 Å². The van der Waals surface area contributed by atoms with Crippen molar-refractivity contribution in [2.75, 3.05) is 13.2 Å². The number of carbonyl (C=O) groups is 2. The molecule has 1 aromatic carbocycles. The van der Waals surface area contributed by atoms with E-state index in [-0.39, 0.29) is 19.2 Å². The molecule has 0 saturated carbocycles. The monoisotopic (exact) mass is 364 g/mol. The van der Waals surface area contributed by atoms with Gasteiger partial charge in [-0.05, 0) is 44.0 Å². The lowest BCUT2D eigenvalue weighted by Gasteiger charge is -2.25. The van der Waals surface area contributed by atoms with Gasteiger partial charge in [0.05, 0.1) is 17.2 Å². The summed E-state index contributed by atoms with van der Waals surface area (Å²) < 4.78 is 15.3. The van der Waals surface area contributed by atoms with E-state index in [1.807, 2.05) is 20.8 Å². The van der Waals surface area contributed by atoms with Crippen molar-refractivity contribution in [1.29, 1.82) is 0 Å². The van der Waals surface area contributed by atoms with Gasteiger partial charge in [-0.25, -0.2) is 4.79 Å². The van der Waals surface area contributed by atoms with Gasteiger partial charge in [0, 0.05) is 0 Å². The second-order valence-electron chi connectivity index (χ2n) is 6.32. The Morgan fingerprint density at radius 1 is 1.19 bits per heavy atom. The van der Waals surface area contributed by atoms with Crippen LogP contribution < -0.4 is 4.74 Å². The molecule has 26 heavy (non-hydrogen) atoms. The summed E-state index contributed by atoms with van der Waals surface area (Å²) >= 11 is 0. The van der Waals surface area contributed by atoms with E-state index in [1.54, 1.807) is 24.3 Å². The van der Waals surface area contributed by atoms with Gasteiger partial charge in [0.1, 0.15) is 25.1 Å². The third-order valence-electron chi connectivity index (χ3n) is 4.20. The normalized spacial score (nSPS) is 14.0. The molecule has 1 rings (SSSR count). The Morgan fingerprint density at radius 2 is 1.81 bits per heavy atom. The van der Waals surface area contributed by atoms with E-state index in [2.05, 4.69) is 6.58 Å². The molecule has 0 aromatic heterocycles. The zero-order valence-corrected chi connectivity index (χ0v) is 15.7. The minimum absolute atomic E-state index is 0.211. The molecule has 1 N–H and O–H groups in total. The second-order valence-corrected chi connectivity index (χ2v) is 6.32. The quantitative estimate of drug-likeness (QED) is 0.478. The lowest BCUT2D eigenvalue weighted by molar-refractivity contribution is -0.159. The van der Waals surface area contributed by atoms with Crippen LogP contribution in [0.5, 0.6) is 5.75 Å². The Hall–Kier alpha value is -2.34. The van der Waals surface area contributed by atoms with Crippen molar-refractivity contribution in [2.45, 2.75) is 46.1 Å². The van der Waals surface area contributed by atoms with E-state index in [4.69, 9.17) is 14.2 Å². The molecule has 0 spiro atoms. The van der Waals surface area contributed by atoms with Crippen molar-refractivity contribution in [3.63, 3.8) is 0 Å². The zero-order valence-electron chi connectivity index (χ0n) is 15.7. The third kappa shape index (κ3) is 6.52. The van der Waals surface area contributed by atoms with Gasteiger partial charge in [-0.15, -0.1) is 0 Å². The molecule has 6 nitrogen and oxygen atoms in total. The molecule has 144 valence electrons. The Labute approximate surface area is 154 Å². The van der Waals surface area contributed by atoms with E-state index in [9.17, 15) is 14.7 Å². The van der Waals surface area contributed by atoms with Crippen molar-refractivity contribution in [3.8, 4) is 5.75 Å². The number of hydrogen-bond acceptors (Lipinski definition) is 6. The van der Waals surface area contributed by atoms with Crippen LogP contribution in [-0.2, 0) is 14.3 Å². The Bertz CT molecular complexity index is 595. The Balaban J connectivity index is 2.43. The van der Waals surface area contributed by atoms with E-state index in [0.29, 0.717) is 17.7 Å². The number of aliphatic hydroxyl groups is 1. The molecule has 0 bridgehead atoms. The number of hydrogen-bond donors (Lipinski definition) is 1. The van der Waals surface area contributed by atoms with Gasteiger partial charge < -0.3 is 19.3 Å². The summed E-state index contributed by atoms with van der Waals surface area (Å²) in [6, 6.07) is 6.31. The van der Waals surface area contributed by atoms with Gasteiger partial charge in [-0.2, -0.15) is 0 Å². The fourth-order valence-corrected chi connectivity index (χ4v) is 2.39. The highest BCUT2D eigenvalue weighted by Crippen LogP contribution is 2.28. The third-order valence-corrected chi connectivity index (χ3v) is 4.20. The lowest BCUT2D eigenvalue weighted by atomic mass is 9.83. The molecule has 0 saturated heterocycles. The predicted octanol–water partition coefficient (Wildman–Crippen LogP) is 3.49. The Kier molecular flexibility index (Phi) is 8.85. The number of ether oxygens (including phenoxy) is 3. The maximum atomic E-state index is 12.2. The number of rotatable bonds is 11. The largest absolute Gasteiger partial charge is 0.466 e. The number of benzene rings is 1. The van der Waals surface area contributed by atoms with Gasteiger partial charge in [0.15, 0.2) is 0 Å². The first-order valence-corrected chi connectivity index (χ1v) is 8.76. The van der Waals surface area contributed by atoms with Gasteiger partial charge in [0.25, 0.3) is 0 Å². The van der Waals surface area contributed by atoms with Crippen LogP contribution in [0.25, 0.3) is 0 Å². The highest BCUT2D eigenvalue weighted by molar-refractivity contribution is 5.89. The second kappa shape index (κ2) is 10.6. The van der Waals surface area contributed by atoms with E-state index in [0.717, 1.165) is 12.8 Å². The zero-order chi connectivity index (χ0) is 19.6. The molecule has 2 unspecified atom stereocenters. The molecule has 6 heteroatoms. The molecule has 0 aliphatic heterocycles. The predicted molar refractivity (Wildman–Crippen MR) is 97.8 cm³/mol. The van der Waals surface area contributed by atoms with Crippen LogP contribution in [0.4, 0.5) is 0 Å². The summed E-state index contributed by atoms with van der Waals surface area (Å²) in [5.41, 5.74) is -0.229. The van der Waals surface area contributed by atoms with Gasteiger partial charge in [-0.3, -0.25) is 4.79 Å². The van der Waals surface area contributed by atoms with Crippen LogP contribution in [0.2, 0.25) is 0 Å². The van der Waals surface area contributed by atoms with Crippen molar-refractivity contribution in [3.05, 3.63) is 42.7 Å². The topological polar surface area (TPSA) is 82.1 Å². The first-order chi connectivity index (χ1) is 12.4. The summed E-state index contributed by atoms with van der Waals surface area (Å²) in [5, 5.41) is 9.89.